The van der Waals surface area contributed by atoms with Crippen molar-refractivity contribution < 1.29 is 9.90 Å². The van der Waals surface area contributed by atoms with Crippen molar-refractivity contribution in [3.8, 4) is 0 Å². The van der Waals surface area contributed by atoms with Crippen LogP contribution in [0.2, 0.25) is 0 Å². The number of carboxylic acids is 1. The molecule has 0 aromatic heterocycles. The molecule has 0 aliphatic carbocycles. The third kappa shape index (κ3) is 1.71. The van der Waals surface area contributed by atoms with Crippen molar-refractivity contribution >= 4 is 5.97 Å². The molecule has 1 atom stereocenters. The maximum atomic E-state index is 10.8. The molecule has 0 unspecified atom stereocenters. The highest BCUT2D eigenvalue weighted by molar-refractivity contribution is 5.79. The van der Waals surface area contributed by atoms with Crippen molar-refractivity contribution in [1.29, 1.82) is 0 Å². The number of likely N-dealkylation sites (N-methyl/N-ethyl adjacent to an activating group) is 1. The third-order valence-electron chi connectivity index (χ3n) is 2.43. The van der Waals surface area contributed by atoms with Gasteiger partial charge in [-0.3, -0.25) is 4.79 Å². The molecule has 0 saturated heterocycles. The molecule has 0 fully saturated rings. The number of aliphatic carboxylic acids is 1. The maximum Gasteiger partial charge on any atom is 0.324 e. The lowest BCUT2D eigenvalue weighted by molar-refractivity contribution is -0.148. The van der Waals surface area contributed by atoms with Crippen molar-refractivity contribution in [3.63, 3.8) is 0 Å². The van der Waals surface area contributed by atoms with Crippen LogP contribution >= 0.6 is 0 Å². The lowest BCUT2D eigenvalue weighted by Crippen LogP contribution is -2.56. The molecule has 0 bridgehead atoms. The number of carbonyl (C=O) groups is 1. The second kappa shape index (κ2) is 2.81. The van der Waals surface area contributed by atoms with E-state index in [0.717, 1.165) is 0 Å². The Morgan fingerprint density at radius 2 is 1.64 bits per heavy atom. The Labute approximate surface area is 67.8 Å². The van der Waals surface area contributed by atoms with Crippen molar-refractivity contribution in [2.45, 2.75) is 33.2 Å². The minimum Gasteiger partial charge on any atom is -0.480 e. The average molecular weight is 159 g/mol. The molecular formula is C8H17NO2. The van der Waals surface area contributed by atoms with E-state index < -0.39 is 11.5 Å². The molecule has 0 aromatic rings. The van der Waals surface area contributed by atoms with E-state index >= 15 is 0 Å². The van der Waals surface area contributed by atoms with Gasteiger partial charge in [0.15, 0.2) is 0 Å². The van der Waals surface area contributed by atoms with Crippen LogP contribution in [-0.4, -0.2) is 23.7 Å². The summed E-state index contributed by atoms with van der Waals surface area (Å²) in [5.41, 5.74) is -1.14. The molecule has 0 spiro atoms. The molecule has 3 nitrogen and oxygen atoms in total. The first kappa shape index (κ1) is 10.4. The van der Waals surface area contributed by atoms with Crippen LogP contribution in [0.4, 0.5) is 0 Å². The molecule has 0 amide bonds. The summed E-state index contributed by atoms with van der Waals surface area (Å²) in [4.78, 5) is 10.8. The van der Waals surface area contributed by atoms with Crippen LogP contribution in [-0.2, 0) is 4.79 Å². The summed E-state index contributed by atoms with van der Waals surface area (Å²) < 4.78 is 0. The predicted molar refractivity (Wildman–Crippen MR) is 44.6 cm³/mol. The van der Waals surface area contributed by atoms with E-state index in [9.17, 15) is 4.79 Å². The van der Waals surface area contributed by atoms with Crippen LogP contribution in [0.5, 0.6) is 0 Å². The summed E-state index contributed by atoms with van der Waals surface area (Å²) in [6.07, 6.45) is 0. The first-order chi connectivity index (χ1) is 4.75. The van der Waals surface area contributed by atoms with Gasteiger partial charge in [0, 0.05) is 0 Å². The number of hydrogen-bond donors (Lipinski definition) is 2. The zero-order valence-electron chi connectivity index (χ0n) is 7.86. The first-order valence-electron chi connectivity index (χ1n) is 3.68. The number of rotatable bonds is 2. The first-order valence-corrected chi connectivity index (χ1v) is 3.68. The quantitative estimate of drug-likeness (QED) is 0.634. The molecule has 0 aliphatic rings. The van der Waals surface area contributed by atoms with Gasteiger partial charge in [0.05, 0.1) is 0 Å². The zero-order chi connectivity index (χ0) is 9.28. The Morgan fingerprint density at radius 3 is 1.64 bits per heavy atom. The van der Waals surface area contributed by atoms with Crippen LogP contribution in [0.25, 0.3) is 0 Å². The van der Waals surface area contributed by atoms with Gasteiger partial charge in [-0.2, -0.15) is 0 Å². The van der Waals surface area contributed by atoms with E-state index in [4.69, 9.17) is 5.11 Å². The number of nitrogens with one attached hydrogen (secondary N) is 1. The van der Waals surface area contributed by atoms with Crippen molar-refractivity contribution in [1.82, 2.24) is 5.32 Å². The standard InChI is InChI=1S/C8H17NO2/c1-7(2,3)8(4,9-5)6(10)11/h9H,1-5H3,(H,10,11)/t8-/m1/s1. The minimum atomic E-state index is -0.854. The molecule has 66 valence electrons. The van der Waals surface area contributed by atoms with E-state index in [-0.39, 0.29) is 5.41 Å². The van der Waals surface area contributed by atoms with Gasteiger partial charge in [0.2, 0.25) is 0 Å². The topological polar surface area (TPSA) is 49.3 Å². The summed E-state index contributed by atoms with van der Waals surface area (Å²) in [5.74, 6) is -0.813. The highest BCUT2D eigenvalue weighted by Gasteiger charge is 2.42. The summed E-state index contributed by atoms with van der Waals surface area (Å²) in [6, 6.07) is 0. The zero-order valence-corrected chi connectivity index (χ0v) is 7.86. The van der Waals surface area contributed by atoms with Crippen LogP contribution < -0.4 is 5.32 Å². The number of carboxylic acid groups (broad SMARTS) is 1. The molecule has 0 rings (SSSR count). The molecule has 0 radical (unpaired) electrons. The van der Waals surface area contributed by atoms with Gasteiger partial charge in [-0.1, -0.05) is 20.8 Å². The van der Waals surface area contributed by atoms with E-state index in [0.29, 0.717) is 0 Å². The highest BCUT2D eigenvalue weighted by atomic mass is 16.4. The fourth-order valence-electron chi connectivity index (χ4n) is 0.803. The van der Waals surface area contributed by atoms with Crippen LogP contribution in [0, 0.1) is 5.41 Å². The SMILES string of the molecule is CN[C@](C)(C(=O)O)C(C)(C)C. The Hall–Kier alpha value is -0.570. The van der Waals surface area contributed by atoms with E-state index in [1.807, 2.05) is 20.8 Å². The van der Waals surface area contributed by atoms with Gasteiger partial charge in [-0.05, 0) is 19.4 Å². The van der Waals surface area contributed by atoms with Crippen molar-refractivity contribution in [2.75, 3.05) is 7.05 Å². The second-order valence-corrected chi connectivity index (χ2v) is 3.93. The Morgan fingerprint density at radius 1 is 1.27 bits per heavy atom. The largest absolute Gasteiger partial charge is 0.480 e. The van der Waals surface area contributed by atoms with Crippen LogP contribution in [0.1, 0.15) is 27.7 Å². The average Bonchev–Trinajstić information content (AvgIpc) is 1.83. The fraction of sp³-hybridized carbons (Fsp3) is 0.875. The molecule has 0 heterocycles. The lowest BCUT2D eigenvalue weighted by atomic mass is 9.75. The van der Waals surface area contributed by atoms with E-state index in [2.05, 4.69) is 5.32 Å². The summed E-state index contributed by atoms with van der Waals surface area (Å²) in [5, 5.41) is 11.7. The van der Waals surface area contributed by atoms with Crippen LogP contribution in [0.15, 0.2) is 0 Å². The predicted octanol–water partition coefficient (Wildman–Crippen LogP) is 1.10. The van der Waals surface area contributed by atoms with E-state index in [1.54, 1.807) is 14.0 Å². The summed E-state index contributed by atoms with van der Waals surface area (Å²) in [7, 11) is 1.67. The van der Waals surface area contributed by atoms with Gasteiger partial charge in [-0.15, -0.1) is 0 Å². The second-order valence-electron chi connectivity index (χ2n) is 3.93. The van der Waals surface area contributed by atoms with Gasteiger partial charge < -0.3 is 10.4 Å². The van der Waals surface area contributed by atoms with Gasteiger partial charge in [0.25, 0.3) is 0 Å². The number of hydrogen-bond acceptors (Lipinski definition) is 2. The molecule has 0 aliphatic heterocycles. The van der Waals surface area contributed by atoms with Crippen molar-refractivity contribution in [2.24, 2.45) is 5.41 Å². The van der Waals surface area contributed by atoms with Gasteiger partial charge in [0.1, 0.15) is 5.54 Å². The summed E-state index contributed by atoms with van der Waals surface area (Å²) in [6.45, 7) is 7.39. The Bertz CT molecular complexity index is 160. The highest BCUT2D eigenvalue weighted by Crippen LogP contribution is 2.29. The fourth-order valence-corrected chi connectivity index (χ4v) is 0.803. The van der Waals surface area contributed by atoms with Crippen molar-refractivity contribution in [3.05, 3.63) is 0 Å². The smallest absolute Gasteiger partial charge is 0.324 e. The normalized spacial score (nSPS) is 17.5. The molecule has 2 N–H and O–H groups in total. The lowest BCUT2D eigenvalue weighted by Gasteiger charge is -2.37. The van der Waals surface area contributed by atoms with E-state index in [1.165, 1.54) is 0 Å². The van der Waals surface area contributed by atoms with Crippen LogP contribution in [0.3, 0.4) is 0 Å². The Kier molecular flexibility index (Phi) is 2.67. The van der Waals surface area contributed by atoms with Gasteiger partial charge in [-0.25, -0.2) is 0 Å². The monoisotopic (exact) mass is 159 g/mol. The Balaban J connectivity index is 4.75. The molecular weight excluding hydrogens is 142 g/mol. The molecule has 0 aromatic carbocycles. The summed E-state index contributed by atoms with van der Waals surface area (Å²) >= 11 is 0. The molecule has 11 heavy (non-hydrogen) atoms. The maximum absolute atomic E-state index is 10.8. The molecule has 3 heteroatoms. The molecule has 0 saturated carbocycles. The van der Waals surface area contributed by atoms with Gasteiger partial charge >= 0.3 is 5.97 Å². The minimum absolute atomic E-state index is 0.284. The third-order valence-corrected chi connectivity index (χ3v) is 2.43.